The Bertz CT molecular complexity index is 2090. The van der Waals surface area contributed by atoms with E-state index >= 15 is 0 Å². The van der Waals surface area contributed by atoms with Crippen molar-refractivity contribution in [2.24, 2.45) is 18.9 Å². The maximum absolute atomic E-state index is 13.6. The zero-order valence-electron chi connectivity index (χ0n) is 26.5. The van der Waals surface area contributed by atoms with Crippen molar-refractivity contribution >= 4 is 32.4 Å². The van der Waals surface area contributed by atoms with Gasteiger partial charge in [0, 0.05) is 49.2 Å². The molecule has 1 unspecified atom stereocenters. The van der Waals surface area contributed by atoms with Crippen LogP contribution in [-0.4, -0.2) is 63.8 Å². The van der Waals surface area contributed by atoms with E-state index in [2.05, 4.69) is 21.6 Å². The number of hydrogen-bond acceptors (Lipinski definition) is 8. The van der Waals surface area contributed by atoms with Crippen LogP contribution in [0.1, 0.15) is 37.5 Å². The van der Waals surface area contributed by atoms with Gasteiger partial charge in [-0.25, -0.2) is 17.8 Å². The summed E-state index contributed by atoms with van der Waals surface area (Å²) in [5, 5.41) is 10.1. The molecule has 5 aromatic rings. The Morgan fingerprint density at radius 3 is 2.42 bits per heavy atom. The van der Waals surface area contributed by atoms with Gasteiger partial charge < -0.3 is 15.4 Å². The summed E-state index contributed by atoms with van der Waals surface area (Å²) in [6.45, 7) is 3.91. The van der Waals surface area contributed by atoms with Gasteiger partial charge in [0.25, 0.3) is 10.0 Å². The van der Waals surface area contributed by atoms with Crippen molar-refractivity contribution < 1.29 is 26.3 Å². The maximum atomic E-state index is 13.6. The lowest BCUT2D eigenvalue weighted by Gasteiger charge is -2.19. The van der Waals surface area contributed by atoms with Crippen molar-refractivity contribution in [3.05, 3.63) is 72.4 Å². The fourth-order valence-corrected chi connectivity index (χ4v) is 7.75. The number of nitrogen functional groups attached to an aromatic ring is 1. The standard InChI is InChI=1S/C33H35F3N8O3S/c1-18(19-4-7-24(34)8-5-19)47-28-12-20(6-9-27(28)41-48(45,46)33(35)36)30-29-31(43(3)40-30)26(14-38-32(29)37)23-13-39-44(17-23)25-10-21-15-42(2)16-22(21)11-25/h4-9,12-14,17-18,21-22,25,33,41H,10-11,15-16H2,1-3H3,(H2,37,38)/t18-,21-,22+,25?/m0/s1. The molecule has 1 aliphatic carbocycles. The molecule has 2 fully saturated rings. The molecular formula is C33H35F3N8O3S. The molecule has 4 heterocycles. The highest BCUT2D eigenvalue weighted by Gasteiger charge is 2.40. The van der Waals surface area contributed by atoms with E-state index in [1.807, 2.05) is 17.1 Å². The first-order chi connectivity index (χ1) is 22.9. The number of hydrogen-bond donors (Lipinski definition) is 2. The summed E-state index contributed by atoms with van der Waals surface area (Å²) < 4.78 is 76.2. The molecule has 48 heavy (non-hydrogen) atoms. The van der Waals surface area contributed by atoms with Gasteiger partial charge in [0.05, 0.1) is 28.8 Å². The Kier molecular flexibility index (Phi) is 8.06. The van der Waals surface area contributed by atoms with E-state index in [-0.39, 0.29) is 17.3 Å². The number of ether oxygens (including phenoxy) is 1. The molecule has 0 amide bonds. The van der Waals surface area contributed by atoms with Crippen LogP contribution in [0.25, 0.3) is 33.3 Å². The smallest absolute Gasteiger partial charge is 0.355 e. The summed E-state index contributed by atoms with van der Waals surface area (Å²) in [4.78, 5) is 6.89. The number of sulfonamides is 1. The van der Waals surface area contributed by atoms with E-state index in [4.69, 9.17) is 20.7 Å². The summed E-state index contributed by atoms with van der Waals surface area (Å²) in [6.07, 6.45) is 7.05. The number of nitrogens with two attached hydrogens (primary N) is 1. The van der Waals surface area contributed by atoms with Gasteiger partial charge in [-0.3, -0.25) is 14.1 Å². The van der Waals surface area contributed by atoms with Crippen LogP contribution >= 0.6 is 0 Å². The van der Waals surface area contributed by atoms with Crippen LogP contribution in [0.15, 0.2) is 61.1 Å². The Balaban J connectivity index is 1.26. The molecule has 3 N–H and O–H groups in total. The fourth-order valence-electron chi connectivity index (χ4n) is 7.19. The van der Waals surface area contributed by atoms with Crippen LogP contribution < -0.4 is 15.2 Å². The predicted octanol–water partition coefficient (Wildman–Crippen LogP) is 5.84. The van der Waals surface area contributed by atoms with Gasteiger partial charge in [0.2, 0.25) is 0 Å². The molecule has 1 saturated carbocycles. The van der Waals surface area contributed by atoms with Crippen molar-refractivity contribution in [1.82, 2.24) is 29.4 Å². The van der Waals surface area contributed by atoms with Gasteiger partial charge in [-0.15, -0.1) is 0 Å². The lowest BCUT2D eigenvalue weighted by molar-refractivity contribution is 0.228. The summed E-state index contributed by atoms with van der Waals surface area (Å²) in [6, 6.07) is 10.3. The molecule has 11 nitrogen and oxygen atoms in total. The van der Waals surface area contributed by atoms with Crippen LogP contribution in [0.4, 0.5) is 24.7 Å². The average Bonchev–Trinajstić information content (AvgIpc) is 3.82. The van der Waals surface area contributed by atoms with Crippen LogP contribution in [0.5, 0.6) is 5.75 Å². The lowest BCUT2D eigenvalue weighted by Crippen LogP contribution is -2.21. The molecule has 3 aromatic heterocycles. The summed E-state index contributed by atoms with van der Waals surface area (Å²) in [5.74, 6) is -2.55. The van der Waals surface area contributed by atoms with Crippen LogP contribution in [0, 0.1) is 17.7 Å². The molecule has 15 heteroatoms. The molecular weight excluding hydrogens is 645 g/mol. The molecule has 4 atom stereocenters. The van der Waals surface area contributed by atoms with Gasteiger partial charge in [0.15, 0.2) is 0 Å². The molecule has 0 bridgehead atoms. The lowest BCUT2D eigenvalue weighted by atomic mass is 10.0. The second kappa shape index (κ2) is 12.1. The number of anilines is 2. The minimum Gasteiger partial charge on any atom is -0.484 e. The minimum atomic E-state index is -5.01. The monoisotopic (exact) mass is 680 g/mol. The summed E-state index contributed by atoms with van der Waals surface area (Å²) >= 11 is 0. The zero-order valence-corrected chi connectivity index (χ0v) is 27.3. The number of benzene rings is 2. The highest BCUT2D eigenvalue weighted by Crippen LogP contribution is 2.44. The number of fused-ring (bicyclic) bond motifs is 2. The third kappa shape index (κ3) is 5.85. The van der Waals surface area contributed by atoms with Crippen molar-refractivity contribution in [3.8, 4) is 28.1 Å². The van der Waals surface area contributed by atoms with Gasteiger partial charge >= 0.3 is 5.76 Å². The maximum Gasteiger partial charge on any atom is 0.355 e. The van der Waals surface area contributed by atoms with Crippen molar-refractivity contribution in [1.29, 1.82) is 0 Å². The van der Waals surface area contributed by atoms with Gasteiger partial charge in [-0.1, -0.05) is 18.2 Å². The largest absolute Gasteiger partial charge is 0.484 e. The number of nitrogens with one attached hydrogen (secondary N) is 1. The number of likely N-dealkylation sites (tertiary alicyclic amines) is 1. The number of pyridine rings is 1. The Morgan fingerprint density at radius 2 is 1.73 bits per heavy atom. The molecule has 0 spiro atoms. The minimum absolute atomic E-state index is 0.0381. The van der Waals surface area contributed by atoms with E-state index in [0.29, 0.717) is 45.6 Å². The molecule has 252 valence electrons. The van der Waals surface area contributed by atoms with Crippen LogP contribution in [-0.2, 0) is 17.1 Å². The number of alkyl halides is 2. The SMILES string of the molecule is C[C@H](Oc1cc(-c2nn(C)c3c(-c4cnn(C5C[C@@H]6CN(C)C[C@@H]6C5)c4)cnc(N)c23)ccc1NS(=O)(=O)C(F)F)c1ccc(F)cc1. The molecule has 7 rings (SSSR count). The topological polar surface area (TPSA) is 133 Å². The second-order valence-electron chi connectivity index (χ2n) is 12.8. The molecule has 1 aliphatic heterocycles. The molecule has 0 radical (unpaired) electrons. The van der Waals surface area contributed by atoms with E-state index in [9.17, 15) is 21.6 Å². The predicted molar refractivity (Wildman–Crippen MR) is 176 cm³/mol. The van der Waals surface area contributed by atoms with Crippen LogP contribution in [0.3, 0.4) is 0 Å². The van der Waals surface area contributed by atoms with Crippen molar-refractivity contribution in [2.45, 2.75) is 37.7 Å². The Morgan fingerprint density at radius 1 is 1.02 bits per heavy atom. The number of rotatable bonds is 9. The number of aromatic nitrogens is 5. The second-order valence-corrected chi connectivity index (χ2v) is 14.4. The van der Waals surface area contributed by atoms with Gasteiger partial charge in [0.1, 0.15) is 29.2 Å². The van der Waals surface area contributed by atoms with E-state index in [0.717, 1.165) is 37.1 Å². The number of halogens is 3. The first-order valence-corrected chi connectivity index (χ1v) is 17.1. The third-order valence-corrected chi connectivity index (χ3v) is 10.4. The normalized spacial score (nSPS) is 20.4. The van der Waals surface area contributed by atoms with E-state index < -0.39 is 27.7 Å². The number of aryl methyl sites for hydroxylation is 1. The van der Waals surface area contributed by atoms with Gasteiger partial charge in [-0.2, -0.15) is 19.0 Å². The number of nitrogens with zero attached hydrogens (tertiary/aromatic N) is 6. The average molecular weight is 681 g/mol. The Hall–Kier alpha value is -4.63. The molecule has 1 saturated heterocycles. The zero-order chi connectivity index (χ0) is 33.9. The molecule has 2 aliphatic rings. The fraction of sp³-hybridized carbons (Fsp3) is 0.364. The van der Waals surface area contributed by atoms with Crippen LogP contribution in [0.2, 0.25) is 0 Å². The highest BCUT2D eigenvalue weighted by molar-refractivity contribution is 7.93. The first kappa shape index (κ1) is 31.9. The summed E-state index contributed by atoms with van der Waals surface area (Å²) in [5.41, 5.74) is 10.1. The van der Waals surface area contributed by atoms with Gasteiger partial charge in [-0.05, 0) is 68.5 Å². The Labute approximate surface area is 275 Å². The highest BCUT2D eigenvalue weighted by atomic mass is 32.2. The third-order valence-electron chi connectivity index (χ3n) is 9.47. The quantitative estimate of drug-likeness (QED) is 0.199. The van der Waals surface area contributed by atoms with Crippen molar-refractivity contribution in [2.75, 3.05) is 30.6 Å². The van der Waals surface area contributed by atoms with Crippen molar-refractivity contribution in [3.63, 3.8) is 0 Å². The summed E-state index contributed by atoms with van der Waals surface area (Å²) in [7, 11) is -1.06. The first-order valence-electron chi connectivity index (χ1n) is 15.6. The molecule has 2 aromatic carbocycles. The van der Waals surface area contributed by atoms with E-state index in [1.165, 1.54) is 36.4 Å². The van der Waals surface area contributed by atoms with E-state index in [1.54, 1.807) is 30.9 Å².